The molecule has 0 amide bonds. The Morgan fingerprint density at radius 3 is 2.19 bits per heavy atom. The Labute approximate surface area is 218 Å². The van der Waals surface area contributed by atoms with E-state index in [1.54, 1.807) is 0 Å². The number of Topliss-reactive ketones (excluding diaryl/α,β-unsaturated/α-hetero) is 1. The van der Waals surface area contributed by atoms with Crippen molar-refractivity contribution in [1.82, 2.24) is 0 Å². The van der Waals surface area contributed by atoms with Crippen LogP contribution in [0.2, 0.25) is 0 Å². The van der Waals surface area contributed by atoms with Crippen LogP contribution >= 0.6 is 0 Å². The van der Waals surface area contributed by atoms with Gasteiger partial charge in [-0.3, -0.25) is 14.4 Å². The van der Waals surface area contributed by atoms with E-state index in [1.807, 2.05) is 0 Å². The first-order valence-corrected chi connectivity index (χ1v) is 14.8. The summed E-state index contributed by atoms with van der Waals surface area (Å²) in [5.74, 6) is 0.895. The summed E-state index contributed by atoms with van der Waals surface area (Å²) in [5.41, 5.74) is -0.360. The summed E-state index contributed by atoms with van der Waals surface area (Å²) in [6.45, 7) is 14.5. The molecule has 0 aliphatic heterocycles. The molecule has 0 aromatic rings. The Balaban J connectivity index is 1.66. The monoisotopic (exact) mass is 502 g/mol. The smallest absolute Gasteiger partial charge is 0.305 e. The van der Waals surface area contributed by atoms with Gasteiger partial charge in [-0.1, -0.05) is 53.9 Å². The highest BCUT2D eigenvalue weighted by Gasteiger charge is 2.70. The standard InChI is InChI=1S/C31H50O5/c1-19(2)10-8-11-20(3)24-13-14-25-28-26(15-17-29(24,25)6)30(7)23(18-27(28)34)12-9-16-31(30,35-21(4)32)36-22(5)33/h19-20,23-26,28H,8-18H2,1-7H3/t20-,23-,24-,25+,26+,28+,29-,30+/m1/s1. The Kier molecular flexibility index (Phi) is 7.72. The van der Waals surface area contributed by atoms with Crippen LogP contribution in [0.1, 0.15) is 119 Å². The van der Waals surface area contributed by atoms with Crippen molar-refractivity contribution in [2.24, 2.45) is 52.3 Å². The highest BCUT2D eigenvalue weighted by molar-refractivity contribution is 5.83. The fraction of sp³-hybridized carbons (Fsp3) is 0.903. The second kappa shape index (κ2) is 10.1. The highest BCUT2D eigenvalue weighted by atomic mass is 16.7. The fourth-order valence-electron chi connectivity index (χ4n) is 9.83. The molecule has 5 heteroatoms. The maximum Gasteiger partial charge on any atom is 0.305 e. The van der Waals surface area contributed by atoms with Gasteiger partial charge >= 0.3 is 11.9 Å². The third kappa shape index (κ3) is 4.45. The molecule has 0 radical (unpaired) electrons. The van der Waals surface area contributed by atoms with Gasteiger partial charge in [0, 0.05) is 32.6 Å². The predicted octanol–water partition coefficient (Wildman–Crippen LogP) is 7.11. The van der Waals surface area contributed by atoms with Crippen molar-refractivity contribution in [3.05, 3.63) is 0 Å². The van der Waals surface area contributed by atoms with Gasteiger partial charge in [-0.15, -0.1) is 0 Å². The van der Waals surface area contributed by atoms with Crippen LogP contribution in [-0.4, -0.2) is 23.5 Å². The number of hydrogen-bond acceptors (Lipinski definition) is 5. The lowest BCUT2D eigenvalue weighted by atomic mass is 9.42. The second-order valence-corrected chi connectivity index (χ2v) is 13.8. The molecule has 4 aliphatic rings. The van der Waals surface area contributed by atoms with E-state index < -0.39 is 23.1 Å². The summed E-state index contributed by atoms with van der Waals surface area (Å²) >= 11 is 0. The Morgan fingerprint density at radius 1 is 0.917 bits per heavy atom. The SMILES string of the molecule is CC(=O)OC1(OC(C)=O)CCC[C@@H]2CC(=O)[C@H]3[C@@H]4CC[C@H]([C@H](C)CCCC(C)C)[C@@]4(C)CC[C@@H]3[C@]21C. The van der Waals surface area contributed by atoms with Crippen LogP contribution in [-0.2, 0) is 23.9 Å². The first kappa shape index (κ1) is 27.6. The zero-order chi connectivity index (χ0) is 26.5. The molecule has 0 spiro atoms. The molecule has 4 saturated carbocycles. The highest BCUT2D eigenvalue weighted by Crippen LogP contribution is 2.70. The molecule has 4 fully saturated rings. The molecular weight excluding hydrogens is 452 g/mol. The molecule has 36 heavy (non-hydrogen) atoms. The average molecular weight is 503 g/mol. The van der Waals surface area contributed by atoms with E-state index in [4.69, 9.17) is 9.47 Å². The second-order valence-electron chi connectivity index (χ2n) is 13.8. The van der Waals surface area contributed by atoms with Crippen LogP contribution in [0, 0.1) is 52.3 Å². The van der Waals surface area contributed by atoms with Gasteiger partial charge in [0.15, 0.2) is 0 Å². The van der Waals surface area contributed by atoms with Gasteiger partial charge in [0.05, 0.1) is 5.41 Å². The van der Waals surface area contributed by atoms with Crippen LogP contribution in [0.25, 0.3) is 0 Å². The van der Waals surface area contributed by atoms with E-state index >= 15 is 0 Å². The Bertz CT molecular complexity index is 847. The van der Waals surface area contributed by atoms with Gasteiger partial charge in [-0.05, 0) is 79.4 Å². The largest absolute Gasteiger partial charge is 0.422 e. The third-order valence-electron chi connectivity index (χ3n) is 11.4. The van der Waals surface area contributed by atoms with Gasteiger partial charge < -0.3 is 9.47 Å². The van der Waals surface area contributed by atoms with Crippen molar-refractivity contribution >= 4 is 17.7 Å². The molecular formula is C31H50O5. The van der Waals surface area contributed by atoms with E-state index in [-0.39, 0.29) is 23.2 Å². The van der Waals surface area contributed by atoms with Gasteiger partial charge in [0.2, 0.25) is 0 Å². The number of esters is 2. The van der Waals surface area contributed by atoms with Gasteiger partial charge in [-0.2, -0.15) is 0 Å². The average Bonchev–Trinajstić information content (AvgIpc) is 3.11. The molecule has 0 aromatic heterocycles. The molecule has 0 unspecified atom stereocenters. The van der Waals surface area contributed by atoms with Crippen LogP contribution in [0.4, 0.5) is 0 Å². The molecule has 0 bridgehead atoms. The van der Waals surface area contributed by atoms with E-state index in [1.165, 1.54) is 39.5 Å². The molecule has 4 aliphatic carbocycles. The minimum absolute atomic E-state index is 0.0264. The first-order valence-electron chi connectivity index (χ1n) is 14.8. The topological polar surface area (TPSA) is 69.7 Å². The van der Waals surface area contributed by atoms with Crippen molar-refractivity contribution in [1.29, 1.82) is 0 Å². The number of carbonyl (C=O) groups is 3. The normalized spacial score (nSPS) is 40.1. The van der Waals surface area contributed by atoms with Crippen molar-refractivity contribution in [2.75, 3.05) is 0 Å². The van der Waals surface area contributed by atoms with Crippen LogP contribution < -0.4 is 0 Å². The number of ether oxygens (including phenoxy) is 2. The number of hydrogen-bond donors (Lipinski definition) is 0. The van der Waals surface area contributed by atoms with E-state index in [0.717, 1.165) is 38.0 Å². The predicted molar refractivity (Wildman–Crippen MR) is 140 cm³/mol. The number of ketones is 1. The number of rotatable bonds is 7. The molecule has 0 heterocycles. The van der Waals surface area contributed by atoms with Crippen molar-refractivity contribution in [3.8, 4) is 0 Å². The lowest BCUT2D eigenvalue weighted by Gasteiger charge is -2.64. The Hall–Kier alpha value is -1.39. The van der Waals surface area contributed by atoms with Gasteiger partial charge in [0.25, 0.3) is 5.79 Å². The van der Waals surface area contributed by atoms with E-state index in [9.17, 15) is 14.4 Å². The summed E-state index contributed by atoms with van der Waals surface area (Å²) < 4.78 is 12.0. The summed E-state index contributed by atoms with van der Waals surface area (Å²) in [6, 6.07) is 0. The lowest BCUT2D eigenvalue weighted by molar-refractivity contribution is -0.317. The third-order valence-corrected chi connectivity index (χ3v) is 11.4. The molecule has 204 valence electrons. The van der Waals surface area contributed by atoms with E-state index in [2.05, 4.69) is 34.6 Å². The lowest BCUT2D eigenvalue weighted by Crippen LogP contribution is -2.67. The maximum absolute atomic E-state index is 13.9. The summed E-state index contributed by atoms with van der Waals surface area (Å²) in [7, 11) is 0. The van der Waals surface area contributed by atoms with Gasteiger partial charge in [-0.25, -0.2) is 0 Å². The molecule has 0 saturated heterocycles. The summed E-state index contributed by atoms with van der Waals surface area (Å²) in [6.07, 6.45) is 11.0. The number of carbonyl (C=O) groups excluding carboxylic acids is 3. The molecule has 8 atom stereocenters. The molecule has 4 rings (SSSR count). The van der Waals surface area contributed by atoms with Crippen molar-refractivity contribution < 1.29 is 23.9 Å². The number of fused-ring (bicyclic) bond motifs is 5. The zero-order valence-corrected chi connectivity index (χ0v) is 23.9. The zero-order valence-electron chi connectivity index (χ0n) is 23.9. The molecule has 0 aromatic carbocycles. The van der Waals surface area contributed by atoms with Crippen LogP contribution in [0.15, 0.2) is 0 Å². The Morgan fingerprint density at radius 2 is 1.58 bits per heavy atom. The summed E-state index contributed by atoms with van der Waals surface area (Å²) in [5, 5.41) is 0. The van der Waals surface area contributed by atoms with Crippen LogP contribution in [0.5, 0.6) is 0 Å². The first-order chi connectivity index (χ1) is 16.9. The van der Waals surface area contributed by atoms with Crippen molar-refractivity contribution in [3.63, 3.8) is 0 Å². The molecule has 0 N–H and O–H groups in total. The maximum atomic E-state index is 13.9. The van der Waals surface area contributed by atoms with Crippen molar-refractivity contribution in [2.45, 2.75) is 125 Å². The fourth-order valence-corrected chi connectivity index (χ4v) is 9.83. The van der Waals surface area contributed by atoms with E-state index in [0.29, 0.717) is 36.4 Å². The minimum Gasteiger partial charge on any atom is -0.422 e. The van der Waals surface area contributed by atoms with Gasteiger partial charge in [0.1, 0.15) is 5.78 Å². The minimum atomic E-state index is -1.27. The molecule has 5 nitrogen and oxygen atoms in total. The van der Waals surface area contributed by atoms with Crippen LogP contribution in [0.3, 0.4) is 0 Å². The summed E-state index contributed by atoms with van der Waals surface area (Å²) in [4.78, 5) is 38.6. The quantitative estimate of drug-likeness (QED) is 0.274.